The van der Waals surface area contributed by atoms with E-state index in [1.165, 1.54) is 0 Å². The molecule has 0 amide bonds. The van der Waals surface area contributed by atoms with Gasteiger partial charge in [-0.15, -0.1) is 0 Å². The predicted octanol–water partition coefficient (Wildman–Crippen LogP) is 1.88. The molecule has 0 aliphatic rings. The number of aliphatic hydroxyl groups excluding tert-OH is 1. The summed E-state index contributed by atoms with van der Waals surface area (Å²) in [4.78, 5) is 10.5. The first-order valence-corrected chi connectivity index (χ1v) is 4.48. The van der Waals surface area contributed by atoms with Gasteiger partial charge in [-0.2, -0.15) is 0 Å². The topological polar surface area (TPSA) is 57.5 Å². The Morgan fingerprint density at radius 3 is 2.54 bits per heavy atom. The minimum atomic E-state index is -1.45. The van der Waals surface area contributed by atoms with E-state index >= 15 is 0 Å². The van der Waals surface area contributed by atoms with E-state index in [2.05, 4.69) is 15.9 Å². The minimum Gasteiger partial charge on any atom is -0.479 e. The molecule has 0 saturated carbocycles. The van der Waals surface area contributed by atoms with Gasteiger partial charge in [-0.05, 0) is 30.2 Å². The molecular weight excluding hydrogens is 236 g/mol. The van der Waals surface area contributed by atoms with Crippen molar-refractivity contribution in [3.05, 3.63) is 33.8 Å². The lowest BCUT2D eigenvalue weighted by Crippen LogP contribution is -2.10. The SMILES string of the molecule is Cc1cc(Br)cc([C@@H](O)C(=O)O)c1. The van der Waals surface area contributed by atoms with E-state index in [0.29, 0.717) is 5.56 Å². The Kier molecular flexibility index (Phi) is 3.06. The largest absolute Gasteiger partial charge is 0.479 e. The van der Waals surface area contributed by atoms with Crippen molar-refractivity contribution in [2.75, 3.05) is 0 Å². The lowest BCUT2D eigenvalue weighted by Gasteiger charge is -2.07. The maximum Gasteiger partial charge on any atom is 0.337 e. The quantitative estimate of drug-likeness (QED) is 0.836. The molecule has 0 aliphatic heterocycles. The average molecular weight is 245 g/mol. The summed E-state index contributed by atoms with van der Waals surface area (Å²) in [5, 5.41) is 17.8. The van der Waals surface area contributed by atoms with Gasteiger partial charge in [-0.25, -0.2) is 4.79 Å². The summed E-state index contributed by atoms with van der Waals surface area (Å²) in [6, 6.07) is 5.08. The van der Waals surface area contributed by atoms with Crippen LogP contribution >= 0.6 is 15.9 Å². The zero-order valence-corrected chi connectivity index (χ0v) is 8.58. The molecule has 2 N–H and O–H groups in total. The molecule has 0 bridgehead atoms. The van der Waals surface area contributed by atoms with Gasteiger partial charge in [0, 0.05) is 4.47 Å². The highest BCUT2D eigenvalue weighted by molar-refractivity contribution is 9.10. The molecule has 0 fully saturated rings. The lowest BCUT2D eigenvalue weighted by molar-refractivity contribution is -0.146. The van der Waals surface area contributed by atoms with Crippen molar-refractivity contribution in [1.82, 2.24) is 0 Å². The molecule has 0 aliphatic carbocycles. The third-order valence-corrected chi connectivity index (χ3v) is 2.07. The molecule has 4 heteroatoms. The lowest BCUT2D eigenvalue weighted by atomic mass is 10.1. The van der Waals surface area contributed by atoms with Crippen molar-refractivity contribution < 1.29 is 15.0 Å². The van der Waals surface area contributed by atoms with Crippen LogP contribution in [0.2, 0.25) is 0 Å². The zero-order valence-electron chi connectivity index (χ0n) is 6.99. The Morgan fingerprint density at radius 2 is 2.08 bits per heavy atom. The fourth-order valence-corrected chi connectivity index (χ4v) is 1.69. The van der Waals surface area contributed by atoms with Crippen LogP contribution in [0.25, 0.3) is 0 Å². The van der Waals surface area contributed by atoms with Crippen molar-refractivity contribution in [3.63, 3.8) is 0 Å². The van der Waals surface area contributed by atoms with Gasteiger partial charge in [0.1, 0.15) is 0 Å². The number of hydrogen-bond donors (Lipinski definition) is 2. The molecule has 0 heterocycles. The molecular formula is C9H9BrO3. The van der Waals surface area contributed by atoms with E-state index in [9.17, 15) is 9.90 Å². The number of benzene rings is 1. The van der Waals surface area contributed by atoms with Crippen LogP contribution in [0.15, 0.2) is 22.7 Å². The van der Waals surface area contributed by atoms with E-state index < -0.39 is 12.1 Å². The second-order valence-corrected chi connectivity index (χ2v) is 3.72. The van der Waals surface area contributed by atoms with Crippen LogP contribution in [-0.2, 0) is 4.79 Å². The molecule has 1 aromatic carbocycles. The fraction of sp³-hybridized carbons (Fsp3) is 0.222. The van der Waals surface area contributed by atoms with E-state index in [4.69, 9.17) is 5.11 Å². The normalized spacial score (nSPS) is 12.5. The van der Waals surface area contributed by atoms with Crippen molar-refractivity contribution in [1.29, 1.82) is 0 Å². The first-order valence-electron chi connectivity index (χ1n) is 3.68. The second-order valence-electron chi connectivity index (χ2n) is 2.80. The Morgan fingerprint density at radius 1 is 1.46 bits per heavy atom. The fourth-order valence-electron chi connectivity index (χ4n) is 1.07. The van der Waals surface area contributed by atoms with Crippen molar-refractivity contribution >= 4 is 21.9 Å². The number of aliphatic hydroxyl groups is 1. The van der Waals surface area contributed by atoms with E-state index in [1.807, 2.05) is 13.0 Å². The molecule has 70 valence electrons. The number of carboxylic acid groups (broad SMARTS) is 1. The molecule has 1 rings (SSSR count). The molecule has 0 saturated heterocycles. The Labute approximate surface area is 84.1 Å². The van der Waals surface area contributed by atoms with E-state index in [-0.39, 0.29) is 0 Å². The van der Waals surface area contributed by atoms with Gasteiger partial charge >= 0.3 is 5.97 Å². The van der Waals surface area contributed by atoms with Crippen LogP contribution in [0, 0.1) is 6.92 Å². The Balaban J connectivity index is 3.07. The number of carboxylic acids is 1. The molecule has 13 heavy (non-hydrogen) atoms. The van der Waals surface area contributed by atoms with E-state index in [1.54, 1.807) is 12.1 Å². The summed E-state index contributed by atoms with van der Waals surface area (Å²) in [5.74, 6) is -1.24. The molecule has 1 atom stereocenters. The highest BCUT2D eigenvalue weighted by Crippen LogP contribution is 2.20. The predicted molar refractivity (Wildman–Crippen MR) is 51.5 cm³/mol. The standard InChI is InChI=1S/C9H9BrO3/c1-5-2-6(4-7(10)3-5)8(11)9(12)13/h2-4,8,11H,1H3,(H,12,13)/t8-/m1/s1. The zero-order chi connectivity index (χ0) is 10.0. The molecule has 0 aromatic heterocycles. The molecule has 1 aromatic rings. The van der Waals surface area contributed by atoms with Crippen LogP contribution in [0.5, 0.6) is 0 Å². The average Bonchev–Trinajstić information content (AvgIpc) is 2.01. The highest BCUT2D eigenvalue weighted by atomic mass is 79.9. The van der Waals surface area contributed by atoms with Crippen LogP contribution in [0.4, 0.5) is 0 Å². The first-order chi connectivity index (χ1) is 6.00. The van der Waals surface area contributed by atoms with Gasteiger partial charge in [0.2, 0.25) is 0 Å². The second kappa shape index (κ2) is 3.89. The molecule has 0 unspecified atom stereocenters. The Hall–Kier alpha value is -0.870. The van der Waals surface area contributed by atoms with Crippen molar-refractivity contribution in [2.45, 2.75) is 13.0 Å². The smallest absolute Gasteiger partial charge is 0.337 e. The molecule has 3 nitrogen and oxygen atoms in total. The Bertz CT molecular complexity index is 315. The highest BCUT2D eigenvalue weighted by Gasteiger charge is 2.15. The minimum absolute atomic E-state index is 0.388. The van der Waals surface area contributed by atoms with Gasteiger partial charge in [0.05, 0.1) is 0 Å². The summed E-state index contributed by atoms with van der Waals surface area (Å²) >= 11 is 3.23. The van der Waals surface area contributed by atoms with Gasteiger partial charge in [-0.3, -0.25) is 0 Å². The summed E-state index contributed by atoms with van der Waals surface area (Å²) in [6.45, 7) is 1.84. The summed E-state index contributed by atoms with van der Waals surface area (Å²) in [7, 11) is 0. The number of rotatable bonds is 2. The number of carbonyl (C=O) groups is 1. The van der Waals surface area contributed by atoms with Gasteiger partial charge in [0.15, 0.2) is 6.10 Å². The number of hydrogen-bond acceptors (Lipinski definition) is 2. The van der Waals surface area contributed by atoms with Gasteiger partial charge in [-0.1, -0.05) is 22.0 Å². The third kappa shape index (κ3) is 2.54. The number of aryl methyl sites for hydroxylation is 1. The van der Waals surface area contributed by atoms with Crippen LogP contribution in [0.1, 0.15) is 17.2 Å². The molecule has 0 radical (unpaired) electrons. The summed E-state index contributed by atoms with van der Waals surface area (Å²) in [5.41, 5.74) is 1.30. The summed E-state index contributed by atoms with van der Waals surface area (Å²) in [6.07, 6.45) is -1.45. The number of aliphatic carboxylic acids is 1. The maximum absolute atomic E-state index is 10.5. The van der Waals surface area contributed by atoms with Crippen LogP contribution in [-0.4, -0.2) is 16.2 Å². The van der Waals surface area contributed by atoms with Crippen LogP contribution < -0.4 is 0 Å². The van der Waals surface area contributed by atoms with Crippen LogP contribution in [0.3, 0.4) is 0 Å². The van der Waals surface area contributed by atoms with E-state index in [0.717, 1.165) is 10.0 Å². The summed E-state index contributed by atoms with van der Waals surface area (Å²) < 4.78 is 0.766. The maximum atomic E-state index is 10.5. The van der Waals surface area contributed by atoms with Crippen molar-refractivity contribution in [3.8, 4) is 0 Å². The first kappa shape index (κ1) is 10.2. The monoisotopic (exact) mass is 244 g/mol. The van der Waals surface area contributed by atoms with Gasteiger partial charge < -0.3 is 10.2 Å². The van der Waals surface area contributed by atoms with Crippen molar-refractivity contribution in [2.24, 2.45) is 0 Å². The molecule has 0 spiro atoms. The number of halogens is 1. The third-order valence-electron chi connectivity index (χ3n) is 1.61. The van der Waals surface area contributed by atoms with Gasteiger partial charge in [0.25, 0.3) is 0 Å².